The van der Waals surface area contributed by atoms with Gasteiger partial charge in [0.1, 0.15) is 5.75 Å². The zero-order valence-corrected chi connectivity index (χ0v) is 15.9. The van der Waals surface area contributed by atoms with Crippen LogP contribution in [-0.2, 0) is 25.4 Å². The van der Waals surface area contributed by atoms with Crippen molar-refractivity contribution in [2.75, 3.05) is 7.11 Å². The summed E-state index contributed by atoms with van der Waals surface area (Å²) in [5, 5.41) is 0.976. The molecule has 5 heteroatoms. The molecule has 0 spiro atoms. The molecule has 0 N–H and O–H groups in total. The zero-order valence-electron chi connectivity index (χ0n) is 15.9. The number of pyridine rings is 1. The van der Waals surface area contributed by atoms with Crippen LogP contribution < -0.4 is 4.74 Å². The molecule has 2 nitrogen and oxygen atoms in total. The van der Waals surface area contributed by atoms with Gasteiger partial charge in [0.25, 0.3) is 0 Å². The number of hydrogen-bond donors (Lipinski definition) is 0. The van der Waals surface area contributed by atoms with Crippen molar-refractivity contribution in [3.05, 3.63) is 77.8 Å². The molecular formula is C23H23F3NO. The van der Waals surface area contributed by atoms with Crippen molar-refractivity contribution in [1.82, 2.24) is 4.98 Å². The maximum atomic E-state index is 13.5. The second kappa shape index (κ2) is 8.63. The number of benzene rings is 2. The first-order chi connectivity index (χ1) is 13.4. The lowest BCUT2D eigenvalue weighted by Gasteiger charge is -2.15. The molecule has 3 aromatic rings. The highest BCUT2D eigenvalue weighted by Gasteiger charge is 2.33. The molecule has 0 fully saturated rings. The molecule has 0 unspecified atom stereocenters. The third-order valence-electron chi connectivity index (χ3n) is 4.88. The first-order valence-corrected chi connectivity index (χ1v) is 9.32. The van der Waals surface area contributed by atoms with Gasteiger partial charge in [-0.25, -0.2) is 0 Å². The van der Waals surface area contributed by atoms with E-state index >= 15 is 0 Å². The Balaban J connectivity index is 1.79. The van der Waals surface area contributed by atoms with Gasteiger partial charge in [-0.2, -0.15) is 13.2 Å². The maximum absolute atomic E-state index is 13.5. The molecule has 1 heterocycles. The van der Waals surface area contributed by atoms with Crippen molar-refractivity contribution in [3.8, 4) is 5.75 Å². The number of ether oxygens (including phenoxy) is 1. The van der Waals surface area contributed by atoms with E-state index in [0.29, 0.717) is 43.2 Å². The standard InChI is InChI=1S/C23H23F3NO/c1-3-5-16-8-9-18(21(14-16)23(24,25)26)7-4-6-17-12-13-27-22-11-10-19(28-2)15-20(17)22/h8-15H,1,3-7H2,2H3. The predicted molar refractivity (Wildman–Crippen MR) is 105 cm³/mol. The van der Waals surface area contributed by atoms with Gasteiger partial charge in [-0.15, -0.1) is 0 Å². The fourth-order valence-electron chi connectivity index (χ4n) is 3.46. The lowest BCUT2D eigenvalue weighted by molar-refractivity contribution is -0.138. The van der Waals surface area contributed by atoms with Gasteiger partial charge < -0.3 is 4.74 Å². The Labute approximate surface area is 163 Å². The summed E-state index contributed by atoms with van der Waals surface area (Å²) in [7, 11) is 1.61. The highest BCUT2D eigenvalue weighted by Crippen LogP contribution is 2.34. The largest absolute Gasteiger partial charge is 0.497 e. The molecule has 3 rings (SSSR count). The minimum atomic E-state index is -4.34. The third kappa shape index (κ3) is 4.64. The Kier molecular flexibility index (Phi) is 6.22. The number of fused-ring (bicyclic) bond motifs is 1. The highest BCUT2D eigenvalue weighted by atomic mass is 19.4. The second-order valence-electron chi connectivity index (χ2n) is 6.80. The molecular weight excluding hydrogens is 363 g/mol. The Bertz CT molecular complexity index is 950. The van der Waals surface area contributed by atoms with E-state index in [0.717, 1.165) is 22.2 Å². The van der Waals surface area contributed by atoms with Crippen LogP contribution in [0.1, 0.15) is 35.1 Å². The number of hydrogen-bond acceptors (Lipinski definition) is 2. The Morgan fingerprint density at radius 1 is 0.964 bits per heavy atom. The molecule has 147 valence electrons. The molecule has 0 aliphatic carbocycles. The van der Waals surface area contributed by atoms with Crippen LogP contribution >= 0.6 is 0 Å². The van der Waals surface area contributed by atoms with Crippen LogP contribution in [0.3, 0.4) is 0 Å². The van der Waals surface area contributed by atoms with Crippen molar-refractivity contribution in [1.29, 1.82) is 0 Å². The number of nitrogens with zero attached hydrogens (tertiary/aromatic N) is 1. The molecule has 0 saturated carbocycles. The monoisotopic (exact) mass is 386 g/mol. The molecule has 28 heavy (non-hydrogen) atoms. The lowest BCUT2D eigenvalue weighted by Crippen LogP contribution is -2.10. The maximum Gasteiger partial charge on any atom is 0.416 e. The van der Waals surface area contributed by atoms with Gasteiger partial charge in [-0.3, -0.25) is 4.98 Å². The van der Waals surface area contributed by atoms with E-state index in [-0.39, 0.29) is 0 Å². The van der Waals surface area contributed by atoms with Crippen molar-refractivity contribution in [2.45, 2.75) is 38.3 Å². The topological polar surface area (TPSA) is 22.1 Å². The first kappa shape index (κ1) is 20.2. The van der Waals surface area contributed by atoms with Crippen LogP contribution in [-0.4, -0.2) is 12.1 Å². The summed E-state index contributed by atoms with van der Waals surface area (Å²) in [6.07, 6.45) is 0.178. The summed E-state index contributed by atoms with van der Waals surface area (Å²) in [5.74, 6) is 0.738. The second-order valence-corrected chi connectivity index (χ2v) is 6.80. The van der Waals surface area contributed by atoms with Gasteiger partial charge in [0.2, 0.25) is 0 Å². The van der Waals surface area contributed by atoms with Crippen molar-refractivity contribution in [2.24, 2.45) is 0 Å². The van der Waals surface area contributed by atoms with Crippen LogP contribution in [0.15, 0.2) is 48.7 Å². The minimum absolute atomic E-state index is 0.344. The molecule has 0 saturated heterocycles. The van der Waals surface area contributed by atoms with Crippen LogP contribution in [0.2, 0.25) is 0 Å². The quantitative estimate of drug-likeness (QED) is 0.482. The van der Waals surface area contributed by atoms with E-state index in [9.17, 15) is 13.2 Å². The predicted octanol–water partition coefficient (Wildman–Crippen LogP) is 6.20. The molecule has 0 aliphatic rings. The summed E-state index contributed by atoms with van der Waals surface area (Å²) < 4.78 is 45.7. The number of aromatic nitrogens is 1. The smallest absolute Gasteiger partial charge is 0.416 e. The summed E-state index contributed by atoms with van der Waals surface area (Å²) in [6, 6.07) is 12.2. The molecule has 1 radical (unpaired) electrons. The molecule has 2 aromatic carbocycles. The van der Waals surface area contributed by atoms with E-state index in [1.807, 2.05) is 24.3 Å². The summed E-state index contributed by atoms with van der Waals surface area (Å²) in [6.45, 7) is 3.72. The fourth-order valence-corrected chi connectivity index (χ4v) is 3.46. The van der Waals surface area contributed by atoms with E-state index in [1.165, 1.54) is 6.07 Å². The van der Waals surface area contributed by atoms with Gasteiger partial charge in [-0.1, -0.05) is 19.1 Å². The molecule has 0 atom stereocenters. The third-order valence-corrected chi connectivity index (χ3v) is 4.88. The summed E-state index contributed by atoms with van der Waals surface area (Å²) in [4.78, 5) is 4.35. The van der Waals surface area contributed by atoms with E-state index in [1.54, 1.807) is 25.4 Å². The number of methoxy groups -OCH3 is 1. The lowest BCUT2D eigenvalue weighted by atomic mass is 9.95. The number of halogens is 3. The number of alkyl halides is 3. The molecule has 0 amide bonds. The SMILES string of the molecule is [CH2]CCc1ccc(CCCc2ccnc3ccc(OC)cc23)c(C(F)(F)F)c1. The van der Waals surface area contributed by atoms with Gasteiger partial charge >= 0.3 is 6.18 Å². The van der Waals surface area contributed by atoms with Crippen LogP contribution in [0.5, 0.6) is 5.75 Å². The first-order valence-electron chi connectivity index (χ1n) is 9.32. The zero-order chi connectivity index (χ0) is 20.1. The normalized spacial score (nSPS) is 11.8. The van der Waals surface area contributed by atoms with E-state index in [4.69, 9.17) is 4.74 Å². The number of aryl methyl sites for hydroxylation is 3. The molecule has 0 aliphatic heterocycles. The van der Waals surface area contributed by atoms with Gasteiger partial charge in [0.05, 0.1) is 18.2 Å². The van der Waals surface area contributed by atoms with Crippen molar-refractivity contribution < 1.29 is 17.9 Å². The Morgan fingerprint density at radius 2 is 1.75 bits per heavy atom. The van der Waals surface area contributed by atoms with E-state index in [2.05, 4.69) is 11.9 Å². The van der Waals surface area contributed by atoms with Crippen molar-refractivity contribution in [3.63, 3.8) is 0 Å². The number of rotatable bonds is 7. The van der Waals surface area contributed by atoms with Gasteiger partial charge in [0, 0.05) is 11.6 Å². The van der Waals surface area contributed by atoms with Gasteiger partial charge in [0.15, 0.2) is 0 Å². The summed E-state index contributed by atoms with van der Waals surface area (Å²) >= 11 is 0. The Morgan fingerprint density at radius 3 is 2.46 bits per heavy atom. The van der Waals surface area contributed by atoms with Gasteiger partial charge in [-0.05, 0) is 79.1 Å². The fraction of sp³-hybridized carbons (Fsp3) is 0.304. The van der Waals surface area contributed by atoms with Crippen LogP contribution in [0, 0.1) is 6.92 Å². The highest BCUT2D eigenvalue weighted by molar-refractivity contribution is 5.83. The van der Waals surface area contributed by atoms with Crippen LogP contribution in [0.25, 0.3) is 10.9 Å². The average molecular weight is 386 g/mol. The Hall–Kier alpha value is -2.56. The minimum Gasteiger partial charge on any atom is -0.497 e. The molecule has 1 aromatic heterocycles. The van der Waals surface area contributed by atoms with Crippen LogP contribution in [0.4, 0.5) is 13.2 Å². The van der Waals surface area contributed by atoms with Crippen molar-refractivity contribution >= 4 is 10.9 Å². The average Bonchev–Trinajstić information content (AvgIpc) is 2.68. The summed E-state index contributed by atoms with van der Waals surface area (Å²) in [5.41, 5.74) is 2.41. The van der Waals surface area contributed by atoms with E-state index < -0.39 is 11.7 Å². The molecule has 0 bridgehead atoms.